The van der Waals surface area contributed by atoms with Gasteiger partial charge in [-0.05, 0) is 114 Å². The van der Waals surface area contributed by atoms with E-state index in [1.54, 1.807) is 58.0 Å². The normalized spacial score (nSPS) is 14.8. The fourth-order valence-electron chi connectivity index (χ4n) is 12.0. The molecule has 0 aliphatic carbocycles. The van der Waals surface area contributed by atoms with E-state index < -0.39 is 310 Å². The summed E-state index contributed by atoms with van der Waals surface area (Å²) >= 11 is 0. The molecule has 33 N–H and O–H groups in total. The van der Waals surface area contributed by atoms with Gasteiger partial charge in [0.15, 0.2) is 5.96 Å². The summed E-state index contributed by atoms with van der Waals surface area (Å²) < 4.78 is 0. The Morgan fingerprint density at radius 2 is 0.803 bits per heavy atom. The van der Waals surface area contributed by atoms with Crippen LogP contribution in [-0.4, -0.2) is 286 Å². The molecule has 0 aromatic heterocycles. The number of carboxylic acids is 3. The summed E-state index contributed by atoms with van der Waals surface area (Å²) in [6.07, 6.45) is -6.35. The number of carbonyl (C=O) groups excluding carboxylic acids is 18. The number of carboxylic acid groups (broad SMARTS) is 3. The Morgan fingerprint density at radius 1 is 0.402 bits per heavy atom. The van der Waals surface area contributed by atoms with E-state index in [0.717, 1.165) is 6.92 Å². The third-order valence-electron chi connectivity index (χ3n) is 19.3. The first-order chi connectivity index (χ1) is 59.5. The highest BCUT2D eigenvalue weighted by Crippen LogP contribution is 2.15. The lowest BCUT2D eigenvalue weighted by molar-refractivity contribution is -0.144. The van der Waals surface area contributed by atoms with Gasteiger partial charge in [-0.3, -0.25) is 101 Å². The van der Waals surface area contributed by atoms with Crippen molar-refractivity contribution in [2.75, 3.05) is 39.3 Å². The molecule has 0 aliphatic rings. The van der Waals surface area contributed by atoms with Gasteiger partial charge in [0.25, 0.3) is 0 Å². The highest BCUT2D eigenvalue weighted by atomic mass is 16.4. The van der Waals surface area contributed by atoms with Gasteiger partial charge in [0.05, 0.1) is 44.8 Å². The van der Waals surface area contributed by atoms with Gasteiger partial charge in [-0.25, -0.2) is 4.79 Å². The maximum atomic E-state index is 14.2. The lowest BCUT2D eigenvalue weighted by atomic mass is 9.97. The minimum Gasteiger partial charge on any atom is -0.481 e. The van der Waals surface area contributed by atoms with E-state index in [0.29, 0.717) is 12.0 Å². The summed E-state index contributed by atoms with van der Waals surface area (Å²) in [7, 11) is 0. The predicted octanol–water partition coefficient (Wildman–Crippen LogP) is -9.65. The number of benzene rings is 1. The number of hydrogen-bond acceptors (Lipinski definition) is 26. The molecule has 49 nitrogen and oxygen atoms in total. The number of guanidine groups is 1. The lowest BCUT2D eigenvalue weighted by Gasteiger charge is -2.29. The van der Waals surface area contributed by atoms with Crippen molar-refractivity contribution in [2.45, 2.75) is 256 Å². The second-order valence-corrected chi connectivity index (χ2v) is 31.4. The minimum atomic E-state index is -1.96. The van der Waals surface area contributed by atoms with Crippen molar-refractivity contribution in [1.82, 2.24) is 90.4 Å². The van der Waals surface area contributed by atoms with E-state index in [4.69, 9.17) is 34.1 Å². The maximum Gasteiger partial charge on any atom is 0.326 e. The third kappa shape index (κ3) is 44.6. The number of hydrogen-bond donors (Lipinski definition) is 28. The van der Waals surface area contributed by atoms with Crippen LogP contribution in [0.1, 0.15) is 165 Å². The van der Waals surface area contributed by atoms with E-state index >= 15 is 0 Å². The number of rotatable bonds is 62. The van der Waals surface area contributed by atoms with Crippen molar-refractivity contribution in [2.24, 2.45) is 52.3 Å². The molecule has 712 valence electrons. The van der Waals surface area contributed by atoms with Gasteiger partial charge in [0, 0.05) is 25.8 Å². The van der Waals surface area contributed by atoms with Crippen LogP contribution in [0.25, 0.3) is 0 Å². The van der Waals surface area contributed by atoms with Crippen LogP contribution in [0.2, 0.25) is 0 Å². The van der Waals surface area contributed by atoms with Gasteiger partial charge in [-0.2, -0.15) is 0 Å². The lowest BCUT2D eigenvalue weighted by Crippen LogP contribution is -2.62. The van der Waals surface area contributed by atoms with E-state index in [1.807, 2.05) is 0 Å². The first-order valence-corrected chi connectivity index (χ1v) is 41.3. The standard InChI is InChI=1S/C78H129N23O26/c1-11-40(8)62(77(126)127)100-72(121)50(30-37(2)3)91-56(107)34-88-74(123)63(42(10)103)101-73(122)52(36-102)97-75(124)61(39(6)7)99-76(125)60(38(4)5)98-57(108)35-86-64(113)41(9)89-67(116)45(20-15-16-28-79)93-70(119)48(23-26-58(109)110)95-71(120)49(24-27-59(111)112)94-69(118)47(22-25-53(81)104)90-55(106)33-87-66(115)51(32-54(82)105)96-68(117)46(21-17-29-85-78(83)84)92-65(114)44(80)31-43-18-13-12-14-19-43/h12-14,18-19,37-42,44-52,60-63,102-103H,11,15-17,20-36,79-80H2,1-10H3,(H2,81,104)(H2,82,105)(H,86,113)(H,87,115)(H,88,123)(H,89,116)(H,90,106)(H,91,107)(H,92,114)(H,93,119)(H,94,118)(H,95,120)(H,96,117)(H,97,124)(H,98,108)(H,99,125)(H,100,121)(H,101,122)(H,109,110)(H,111,112)(H,126,127)(H4,83,84,85)/t40-,41-,42+,44-,45-,46-,47-,48-,49-,50-,51-,52-,60-,61-,62-,63-/m0/s1. The number of carbonyl (C=O) groups is 21. The van der Waals surface area contributed by atoms with Gasteiger partial charge in [0.2, 0.25) is 106 Å². The Hall–Kier alpha value is -12.8. The molecule has 1 aromatic carbocycles. The van der Waals surface area contributed by atoms with E-state index in [2.05, 4.69) is 90.4 Å². The summed E-state index contributed by atoms with van der Waals surface area (Å²) in [4.78, 5) is 279. The fraction of sp³-hybridized carbons (Fsp3) is 0.641. The van der Waals surface area contributed by atoms with Crippen LogP contribution in [0.3, 0.4) is 0 Å². The summed E-state index contributed by atoms with van der Waals surface area (Å²) in [6, 6.07) is -13.8. The molecule has 0 heterocycles. The molecular weight excluding hydrogens is 1670 g/mol. The number of nitrogens with two attached hydrogens (primary N) is 5. The largest absolute Gasteiger partial charge is 0.481 e. The zero-order valence-corrected chi connectivity index (χ0v) is 72.9. The van der Waals surface area contributed by atoms with Crippen LogP contribution >= 0.6 is 0 Å². The molecule has 0 saturated heterocycles. The summed E-state index contributed by atoms with van der Waals surface area (Å²) in [5.74, 6) is -26.3. The Morgan fingerprint density at radius 3 is 1.26 bits per heavy atom. The van der Waals surface area contributed by atoms with Crippen molar-refractivity contribution in [3.05, 3.63) is 35.9 Å². The van der Waals surface area contributed by atoms with E-state index in [-0.39, 0.29) is 64.0 Å². The molecule has 127 heavy (non-hydrogen) atoms. The third-order valence-corrected chi connectivity index (χ3v) is 19.3. The zero-order valence-electron chi connectivity index (χ0n) is 72.9. The fourth-order valence-corrected chi connectivity index (χ4v) is 12.0. The first kappa shape index (κ1) is 112. The van der Waals surface area contributed by atoms with Crippen molar-refractivity contribution in [3.8, 4) is 0 Å². The van der Waals surface area contributed by atoms with Crippen LogP contribution in [0, 0.1) is 29.1 Å². The second kappa shape index (κ2) is 58.4. The number of aliphatic hydroxyl groups excluding tert-OH is 2. The van der Waals surface area contributed by atoms with Crippen molar-refractivity contribution >= 4 is 130 Å². The maximum absolute atomic E-state index is 14.2. The topological polar surface area (TPSA) is 818 Å². The first-order valence-electron chi connectivity index (χ1n) is 41.3. The van der Waals surface area contributed by atoms with Gasteiger partial charge >= 0.3 is 17.9 Å². The second-order valence-electron chi connectivity index (χ2n) is 31.4. The van der Waals surface area contributed by atoms with Crippen LogP contribution in [0.4, 0.5) is 0 Å². The monoisotopic (exact) mass is 1800 g/mol. The highest BCUT2D eigenvalue weighted by molar-refractivity contribution is 6.01. The quantitative estimate of drug-likeness (QED) is 0.0164. The van der Waals surface area contributed by atoms with Gasteiger partial charge in [-0.15, -0.1) is 0 Å². The number of unbranched alkanes of at least 4 members (excludes halogenated alkanes) is 1. The summed E-state index contributed by atoms with van der Waals surface area (Å²) in [5.41, 5.74) is 28.7. The molecule has 0 saturated carbocycles. The van der Waals surface area contributed by atoms with Crippen LogP contribution in [0.5, 0.6) is 0 Å². The van der Waals surface area contributed by atoms with Crippen molar-refractivity contribution in [1.29, 1.82) is 5.41 Å². The number of aliphatic carboxylic acids is 3. The molecule has 0 aliphatic heterocycles. The van der Waals surface area contributed by atoms with Gasteiger partial charge in [0.1, 0.15) is 78.5 Å². The molecule has 1 aromatic rings. The highest BCUT2D eigenvalue weighted by Gasteiger charge is 2.39. The van der Waals surface area contributed by atoms with Crippen LogP contribution in [-0.2, 0) is 107 Å². The predicted molar refractivity (Wildman–Crippen MR) is 451 cm³/mol. The zero-order chi connectivity index (χ0) is 96.7. The number of nitrogens with one attached hydrogen (secondary N) is 18. The smallest absolute Gasteiger partial charge is 0.326 e. The molecule has 0 radical (unpaired) electrons. The van der Waals surface area contributed by atoms with Gasteiger partial charge in [-0.1, -0.05) is 92.1 Å². The van der Waals surface area contributed by atoms with Crippen molar-refractivity contribution in [3.63, 3.8) is 0 Å². The van der Waals surface area contributed by atoms with Gasteiger partial charge < -0.3 is 145 Å². The van der Waals surface area contributed by atoms with Crippen molar-refractivity contribution < 1.29 is 126 Å². The SMILES string of the molecule is CC[C@H](C)[C@H](NC(=O)[C@H](CC(C)C)NC(=O)CNC(=O)[C@@H](NC(=O)[C@H](CO)NC(=O)[C@@H](NC(=O)[C@@H](NC(=O)CNC(=O)[C@H](C)NC(=O)[C@H](CCCCN)NC(=O)[C@H](CCC(=O)O)NC(=O)[C@H](CCC(=O)O)NC(=O)[C@H](CCC(N)=O)NC(=O)CNC(=O)[C@H](CC(N)=O)NC(=O)[C@H](CCCNC(=N)N)NC(=O)[C@@H](N)Cc1ccccc1)C(C)C)C(C)C)[C@@H](C)O)C(=O)O. The molecule has 0 bridgehead atoms. The molecule has 1 rings (SSSR count). The average molecular weight is 1810 g/mol. The Bertz CT molecular complexity index is 3950. The molecule has 0 fully saturated rings. The molecular formula is C78H129N23O26. The molecule has 0 spiro atoms. The number of primary amides is 2. The molecule has 16 atom stereocenters. The number of aliphatic hydroxyl groups is 2. The molecule has 0 unspecified atom stereocenters. The van der Waals surface area contributed by atoms with Crippen LogP contribution in [0.15, 0.2) is 30.3 Å². The van der Waals surface area contributed by atoms with E-state index in [9.17, 15) is 126 Å². The summed E-state index contributed by atoms with van der Waals surface area (Å²) in [6.45, 7) is 11.4. The minimum absolute atomic E-state index is 0.0505. The average Bonchev–Trinajstić information content (AvgIpc) is 0.863. The van der Waals surface area contributed by atoms with Crippen LogP contribution < -0.4 is 119 Å². The number of amides is 18. The Balaban J connectivity index is 3.33. The summed E-state index contributed by atoms with van der Waals surface area (Å²) in [5, 5.41) is 97.1. The molecule has 49 heteroatoms. The van der Waals surface area contributed by atoms with E-state index in [1.165, 1.54) is 34.6 Å². The Kier molecular flexibility index (Phi) is 51.6. The Labute approximate surface area is 733 Å². The molecule has 18 amide bonds.